The molecule has 0 bridgehead atoms. The predicted molar refractivity (Wildman–Crippen MR) is 106 cm³/mol. The van der Waals surface area contributed by atoms with E-state index < -0.39 is 5.41 Å². The molecule has 1 N–H and O–H groups in total. The van der Waals surface area contributed by atoms with Crippen molar-refractivity contribution in [3.05, 3.63) is 53.1 Å². The van der Waals surface area contributed by atoms with Crippen LogP contribution in [0.1, 0.15) is 49.5 Å². The van der Waals surface area contributed by atoms with Gasteiger partial charge in [0.05, 0.1) is 17.7 Å². The Morgan fingerprint density at radius 3 is 2.52 bits per heavy atom. The lowest BCUT2D eigenvalue weighted by Gasteiger charge is -2.40. The van der Waals surface area contributed by atoms with Gasteiger partial charge in [-0.25, -0.2) is 4.98 Å². The summed E-state index contributed by atoms with van der Waals surface area (Å²) in [5.74, 6) is 1.00. The van der Waals surface area contributed by atoms with E-state index in [9.17, 15) is 4.79 Å². The second kappa shape index (κ2) is 8.70. The van der Waals surface area contributed by atoms with Crippen molar-refractivity contribution in [2.45, 2.75) is 53.0 Å². The lowest BCUT2D eigenvalue weighted by molar-refractivity contribution is -0.158. The summed E-state index contributed by atoms with van der Waals surface area (Å²) in [6, 6.07) is 10.3. The Hall–Kier alpha value is -2.14. The highest BCUT2D eigenvalue weighted by atomic mass is 16.5. The fraction of sp³-hybridized carbons (Fsp3) is 0.545. The second-order valence-corrected chi connectivity index (χ2v) is 7.55. The molecule has 5 heteroatoms. The molecule has 0 aliphatic carbocycles. The molecule has 0 saturated carbocycles. The average Bonchev–Trinajstić information content (AvgIpc) is 3.04. The number of benzene rings is 1. The van der Waals surface area contributed by atoms with E-state index in [0.29, 0.717) is 6.61 Å². The number of aromatic amines is 1. The molecule has 1 fully saturated rings. The van der Waals surface area contributed by atoms with E-state index in [2.05, 4.69) is 35.9 Å². The van der Waals surface area contributed by atoms with Gasteiger partial charge in [-0.05, 0) is 51.8 Å². The van der Waals surface area contributed by atoms with Crippen molar-refractivity contribution in [2.75, 3.05) is 19.7 Å². The van der Waals surface area contributed by atoms with Gasteiger partial charge in [0.1, 0.15) is 5.82 Å². The third-order valence-electron chi connectivity index (χ3n) is 5.65. The van der Waals surface area contributed by atoms with Crippen LogP contribution in [-0.2, 0) is 28.9 Å². The van der Waals surface area contributed by atoms with Crippen LogP contribution in [0, 0.1) is 12.3 Å². The largest absolute Gasteiger partial charge is 0.466 e. The van der Waals surface area contributed by atoms with E-state index >= 15 is 0 Å². The highest BCUT2D eigenvalue weighted by Gasteiger charge is 2.42. The minimum absolute atomic E-state index is 0.0438. The van der Waals surface area contributed by atoms with Crippen molar-refractivity contribution in [2.24, 2.45) is 5.41 Å². The van der Waals surface area contributed by atoms with Gasteiger partial charge in [0.15, 0.2) is 0 Å². The standard InChI is InChI=1S/C22H31N3O2/c1-4-20-23-17(3)19(24-20)16-25-13-11-22(12-14-25,21(26)27-5-2)15-18-9-7-6-8-10-18/h6-10H,4-5,11-16H2,1-3H3,(H,23,24). The lowest BCUT2D eigenvalue weighted by atomic mass is 9.73. The normalized spacial score (nSPS) is 17.0. The van der Waals surface area contributed by atoms with Crippen molar-refractivity contribution in [1.29, 1.82) is 0 Å². The zero-order valence-electron chi connectivity index (χ0n) is 16.8. The molecule has 1 aliphatic heterocycles. The Morgan fingerprint density at radius 2 is 1.93 bits per heavy atom. The van der Waals surface area contributed by atoms with Crippen LogP contribution in [0.2, 0.25) is 0 Å². The number of hydrogen-bond acceptors (Lipinski definition) is 4. The number of aryl methyl sites for hydroxylation is 2. The number of esters is 1. The molecule has 2 aromatic rings. The van der Waals surface area contributed by atoms with Crippen LogP contribution in [0.25, 0.3) is 0 Å². The molecular formula is C22H31N3O2. The number of ether oxygens (including phenoxy) is 1. The molecule has 1 aliphatic rings. The zero-order chi connectivity index (χ0) is 19.3. The summed E-state index contributed by atoms with van der Waals surface area (Å²) >= 11 is 0. The van der Waals surface area contributed by atoms with Gasteiger partial charge in [-0.2, -0.15) is 0 Å². The monoisotopic (exact) mass is 369 g/mol. The molecule has 0 radical (unpaired) electrons. The molecule has 1 saturated heterocycles. The average molecular weight is 370 g/mol. The number of carbonyl (C=O) groups excluding carboxylic acids is 1. The third kappa shape index (κ3) is 4.59. The summed E-state index contributed by atoms with van der Waals surface area (Å²) in [4.78, 5) is 23.3. The molecular weight excluding hydrogens is 338 g/mol. The van der Waals surface area contributed by atoms with Gasteiger partial charge in [0.2, 0.25) is 0 Å². The molecule has 5 nitrogen and oxygen atoms in total. The first-order valence-corrected chi connectivity index (χ1v) is 10.0. The highest BCUT2D eigenvalue weighted by Crippen LogP contribution is 2.37. The van der Waals surface area contributed by atoms with E-state index in [0.717, 1.165) is 62.5 Å². The van der Waals surface area contributed by atoms with Crippen LogP contribution in [0.4, 0.5) is 0 Å². The summed E-state index contributed by atoms with van der Waals surface area (Å²) in [6.45, 7) is 9.13. The molecule has 1 aromatic heterocycles. The van der Waals surface area contributed by atoms with Crippen LogP contribution in [0.15, 0.2) is 30.3 Å². The minimum Gasteiger partial charge on any atom is -0.466 e. The van der Waals surface area contributed by atoms with Crippen molar-refractivity contribution in [3.8, 4) is 0 Å². The number of likely N-dealkylation sites (tertiary alicyclic amines) is 1. The van der Waals surface area contributed by atoms with Crippen molar-refractivity contribution in [3.63, 3.8) is 0 Å². The van der Waals surface area contributed by atoms with Gasteiger partial charge in [-0.1, -0.05) is 37.3 Å². The predicted octanol–water partition coefficient (Wildman–Crippen LogP) is 3.67. The molecule has 0 spiro atoms. The SMILES string of the molecule is CCOC(=O)C1(Cc2ccccc2)CCN(Cc2nc(CC)[nH]c2C)CC1. The lowest BCUT2D eigenvalue weighted by Crippen LogP contribution is -2.46. The Morgan fingerprint density at radius 1 is 1.22 bits per heavy atom. The van der Waals surface area contributed by atoms with Crippen molar-refractivity contribution in [1.82, 2.24) is 14.9 Å². The van der Waals surface area contributed by atoms with E-state index in [4.69, 9.17) is 9.72 Å². The van der Waals surface area contributed by atoms with Gasteiger partial charge in [-0.3, -0.25) is 9.69 Å². The summed E-state index contributed by atoms with van der Waals surface area (Å²) in [6.07, 6.45) is 3.32. The smallest absolute Gasteiger partial charge is 0.312 e. The summed E-state index contributed by atoms with van der Waals surface area (Å²) in [5.41, 5.74) is 3.06. The van der Waals surface area contributed by atoms with Gasteiger partial charge >= 0.3 is 5.97 Å². The molecule has 0 atom stereocenters. The quantitative estimate of drug-likeness (QED) is 0.757. The summed E-state index contributed by atoms with van der Waals surface area (Å²) < 4.78 is 5.47. The van der Waals surface area contributed by atoms with Crippen LogP contribution < -0.4 is 0 Å². The molecule has 2 heterocycles. The first-order chi connectivity index (χ1) is 13.1. The Balaban J connectivity index is 1.69. The Labute approximate surface area is 162 Å². The molecule has 146 valence electrons. The van der Waals surface area contributed by atoms with Gasteiger partial charge in [-0.15, -0.1) is 0 Å². The van der Waals surface area contributed by atoms with E-state index in [1.165, 1.54) is 5.56 Å². The van der Waals surface area contributed by atoms with Crippen LogP contribution in [0.5, 0.6) is 0 Å². The van der Waals surface area contributed by atoms with Crippen molar-refractivity contribution >= 4 is 5.97 Å². The number of H-pyrrole nitrogens is 1. The summed E-state index contributed by atoms with van der Waals surface area (Å²) in [5, 5.41) is 0. The van der Waals surface area contributed by atoms with Gasteiger partial charge in [0.25, 0.3) is 0 Å². The minimum atomic E-state index is -0.414. The zero-order valence-corrected chi connectivity index (χ0v) is 16.8. The number of hydrogen-bond donors (Lipinski definition) is 1. The first kappa shape index (κ1) is 19.6. The molecule has 27 heavy (non-hydrogen) atoms. The third-order valence-corrected chi connectivity index (χ3v) is 5.65. The van der Waals surface area contributed by atoms with Crippen LogP contribution >= 0.6 is 0 Å². The number of nitrogens with one attached hydrogen (secondary N) is 1. The van der Waals surface area contributed by atoms with Crippen LogP contribution in [0.3, 0.4) is 0 Å². The van der Waals surface area contributed by atoms with Gasteiger partial charge in [0, 0.05) is 18.7 Å². The van der Waals surface area contributed by atoms with Gasteiger partial charge < -0.3 is 9.72 Å². The maximum absolute atomic E-state index is 12.8. The number of rotatable bonds is 7. The van der Waals surface area contributed by atoms with Crippen molar-refractivity contribution < 1.29 is 9.53 Å². The van der Waals surface area contributed by atoms with E-state index in [1.54, 1.807) is 0 Å². The van der Waals surface area contributed by atoms with E-state index in [-0.39, 0.29) is 5.97 Å². The second-order valence-electron chi connectivity index (χ2n) is 7.55. The molecule has 1 aromatic carbocycles. The maximum Gasteiger partial charge on any atom is 0.312 e. The Bertz CT molecular complexity index is 746. The molecule has 3 rings (SSSR count). The maximum atomic E-state index is 12.8. The fourth-order valence-corrected chi connectivity index (χ4v) is 3.96. The number of nitrogens with zero attached hydrogens (tertiary/aromatic N) is 2. The molecule has 0 amide bonds. The topological polar surface area (TPSA) is 58.2 Å². The first-order valence-electron chi connectivity index (χ1n) is 10.0. The molecule has 0 unspecified atom stereocenters. The number of imidazole rings is 1. The Kier molecular flexibility index (Phi) is 6.32. The van der Waals surface area contributed by atoms with Crippen LogP contribution in [-0.4, -0.2) is 40.5 Å². The number of carbonyl (C=O) groups is 1. The number of piperidine rings is 1. The van der Waals surface area contributed by atoms with E-state index in [1.807, 2.05) is 25.1 Å². The highest BCUT2D eigenvalue weighted by molar-refractivity contribution is 5.77. The number of aromatic nitrogens is 2. The fourth-order valence-electron chi connectivity index (χ4n) is 3.96. The summed E-state index contributed by atoms with van der Waals surface area (Å²) in [7, 11) is 0.